The van der Waals surface area contributed by atoms with Gasteiger partial charge >= 0.3 is 0 Å². The molecule has 0 saturated heterocycles. The highest BCUT2D eigenvalue weighted by Gasteiger charge is 2.14. The average molecular weight is 552 g/mol. The first kappa shape index (κ1) is 23.5. The largest absolute Gasteiger partial charge is 0.353 e. The zero-order valence-electron chi connectivity index (χ0n) is 22.8. The molecule has 196 valence electrons. The number of hydrogen-bond donors (Lipinski definition) is 1. The van der Waals surface area contributed by atoms with Gasteiger partial charge in [0.15, 0.2) is 0 Å². The fourth-order valence-electron chi connectivity index (χ4n) is 6.66. The Bertz CT molecular complexity index is 2470. The second-order valence-electron chi connectivity index (χ2n) is 11.0. The minimum absolute atomic E-state index is 1.19. The Balaban J connectivity index is 1.19. The van der Waals surface area contributed by atoms with Crippen molar-refractivity contribution >= 4 is 64.1 Å². The maximum Gasteiger partial charge on any atom is 0.0544 e. The van der Waals surface area contributed by atoms with Crippen molar-refractivity contribution in [1.82, 2.24) is 4.98 Å². The van der Waals surface area contributed by atoms with Gasteiger partial charge in [-0.25, -0.2) is 0 Å². The summed E-state index contributed by atoms with van der Waals surface area (Å²) in [5.74, 6) is 0. The van der Waals surface area contributed by atoms with E-state index in [1.165, 1.54) is 86.1 Å². The van der Waals surface area contributed by atoms with Gasteiger partial charge in [0, 0.05) is 41.9 Å². The van der Waals surface area contributed by atoms with Crippen molar-refractivity contribution in [2.24, 2.45) is 0 Å². The maximum absolute atomic E-state index is 3.81. The Labute approximate surface area is 247 Å². The fourth-order valence-corrected chi connectivity index (χ4v) is 7.79. The van der Waals surface area contributed by atoms with Crippen LogP contribution in [-0.2, 0) is 0 Å². The molecule has 7 aromatic carbocycles. The molecule has 0 aliphatic rings. The first-order valence-corrected chi connectivity index (χ1v) is 15.2. The molecule has 9 aromatic rings. The van der Waals surface area contributed by atoms with Gasteiger partial charge in [0.2, 0.25) is 0 Å². The lowest BCUT2D eigenvalue weighted by molar-refractivity contribution is 1.54. The molecule has 0 spiro atoms. The van der Waals surface area contributed by atoms with E-state index in [9.17, 15) is 0 Å². The Morgan fingerprint density at radius 1 is 0.381 bits per heavy atom. The van der Waals surface area contributed by atoms with E-state index in [1.54, 1.807) is 0 Å². The monoisotopic (exact) mass is 551 g/mol. The number of para-hydroxylation sites is 1. The topological polar surface area (TPSA) is 15.8 Å². The van der Waals surface area contributed by atoms with E-state index in [0.29, 0.717) is 0 Å². The molecule has 42 heavy (non-hydrogen) atoms. The van der Waals surface area contributed by atoms with Crippen LogP contribution in [0.3, 0.4) is 0 Å². The van der Waals surface area contributed by atoms with Crippen LogP contribution in [0.4, 0.5) is 0 Å². The van der Waals surface area contributed by atoms with Crippen LogP contribution in [0.25, 0.3) is 86.1 Å². The highest BCUT2D eigenvalue weighted by atomic mass is 32.1. The number of hydrogen-bond acceptors (Lipinski definition) is 1. The second kappa shape index (κ2) is 9.17. The molecule has 9 rings (SSSR count). The number of benzene rings is 7. The molecule has 0 amide bonds. The summed E-state index contributed by atoms with van der Waals surface area (Å²) in [4.78, 5) is 3.81. The van der Waals surface area contributed by atoms with E-state index in [1.807, 2.05) is 11.3 Å². The van der Waals surface area contributed by atoms with E-state index >= 15 is 0 Å². The molecule has 2 heteroatoms. The Morgan fingerprint density at radius 3 is 1.83 bits per heavy atom. The van der Waals surface area contributed by atoms with Crippen molar-refractivity contribution in [3.8, 4) is 33.4 Å². The third-order valence-electron chi connectivity index (χ3n) is 8.62. The van der Waals surface area contributed by atoms with Crippen molar-refractivity contribution < 1.29 is 0 Å². The standard InChI is InChI=1S/C40H25NS/c1-2-14-31-25(9-1)21-22-34-33-18-7-17-32(40(33)41-39(31)34)29-13-6-11-27(24-29)26-10-5-12-28(23-26)30-16-8-20-37-38(30)35-15-3-4-19-36(35)42-37/h1-24,41H. The summed E-state index contributed by atoms with van der Waals surface area (Å²) in [5.41, 5.74) is 9.80. The van der Waals surface area contributed by atoms with E-state index in [2.05, 4.69) is 151 Å². The lowest BCUT2D eigenvalue weighted by Gasteiger charge is -2.10. The van der Waals surface area contributed by atoms with Crippen molar-refractivity contribution in [1.29, 1.82) is 0 Å². The van der Waals surface area contributed by atoms with Crippen molar-refractivity contribution in [2.75, 3.05) is 0 Å². The molecule has 0 bridgehead atoms. The summed E-state index contributed by atoms with van der Waals surface area (Å²) in [5, 5.41) is 7.73. The highest BCUT2D eigenvalue weighted by molar-refractivity contribution is 7.25. The number of thiophene rings is 1. The van der Waals surface area contributed by atoms with E-state index in [4.69, 9.17) is 0 Å². The van der Waals surface area contributed by atoms with E-state index in [0.717, 1.165) is 0 Å². The van der Waals surface area contributed by atoms with E-state index in [-0.39, 0.29) is 0 Å². The third kappa shape index (κ3) is 3.56. The van der Waals surface area contributed by atoms with Crippen LogP contribution in [0.2, 0.25) is 0 Å². The zero-order chi connectivity index (χ0) is 27.6. The predicted molar refractivity (Wildman–Crippen MR) is 183 cm³/mol. The molecule has 2 aromatic heterocycles. The number of rotatable bonds is 3. The average Bonchev–Trinajstić information content (AvgIpc) is 3.64. The van der Waals surface area contributed by atoms with Gasteiger partial charge in [0.05, 0.1) is 11.0 Å². The van der Waals surface area contributed by atoms with Crippen LogP contribution >= 0.6 is 11.3 Å². The van der Waals surface area contributed by atoms with Crippen LogP contribution in [0, 0.1) is 0 Å². The molecule has 1 N–H and O–H groups in total. The van der Waals surface area contributed by atoms with Crippen LogP contribution < -0.4 is 0 Å². The second-order valence-corrected chi connectivity index (χ2v) is 12.1. The van der Waals surface area contributed by atoms with Gasteiger partial charge in [-0.1, -0.05) is 121 Å². The first-order valence-electron chi connectivity index (χ1n) is 14.4. The van der Waals surface area contributed by atoms with Gasteiger partial charge in [-0.3, -0.25) is 0 Å². The van der Waals surface area contributed by atoms with Crippen LogP contribution in [0.15, 0.2) is 146 Å². The number of fused-ring (bicyclic) bond motifs is 8. The van der Waals surface area contributed by atoms with Gasteiger partial charge in [0.1, 0.15) is 0 Å². The summed E-state index contributed by atoms with van der Waals surface area (Å²) in [6.07, 6.45) is 0. The number of nitrogens with one attached hydrogen (secondary N) is 1. The quantitative estimate of drug-likeness (QED) is 0.225. The van der Waals surface area contributed by atoms with E-state index < -0.39 is 0 Å². The minimum atomic E-state index is 1.19. The van der Waals surface area contributed by atoms with Gasteiger partial charge in [0.25, 0.3) is 0 Å². The van der Waals surface area contributed by atoms with Crippen LogP contribution in [0.1, 0.15) is 0 Å². The van der Waals surface area contributed by atoms with Gasteiger partial charge in [-0.05, 0) is 57.5 Å². The molecule has 1 nitrogen and oxygen atoms in total. The van der Waals surface area contributed by atoms with Gasteiger partial charge in [-0.2, -0.15) is 0 Å². The van der Waals surface area contributed by atoms with Gasteiger partial charge < -0.3 is 4.98 Å². The van der Waals surface area contributed by atoms with Crippen LogP contribution in [0.5, 0.6) is 0 Å². The Hall–Kier alpha value is -5.18. The summed E-state index contributed by atoms with van der Waals surface area (Å²) < 4.78 is 2.67. The molecule has 0 aliphatic heterocycles. The molecular formula is C40H25NS. The zero-order valence-corrected chi connectivity index (χ0v) is 23.6. The van der Waals surface area contributed by atoms with Crippen molar-refractivity contribution in [2.45, 2.75) is 0 Å². The molecular weight excluding hydrogens is 527 g/mol. The minimum Gasteiger partial charge on any atom is -0.353 e. The Morgan fingerprint density at radius 2 is 0.976 bits per heavy atom. The molecule has 0 unspecified atom stereocenters. The molecule has 0 radical (unpaired) electrons. The lowest BCUT2D eigenvalue weighted by atomic mass is 9.94. The summed E-state index contributed by atoms with van der Waals surface area (Å²) in [6.45, 7) is 0. The van der Waals surface area contributed by atoms with Crippen LogP contribution in [-0.4, -0.2) is 4.98 Å². The summed E-state index contributed by atoms with van der Waals surface area (Å²) in [7, 11) is 0. The Kier molecular flexibility index (Phi) is 5.13. The number of aromatic amines is 1. The molecule has 0 atom stereocenters. The molecule has 0 aliphatic carbocycles. The summed E-state index contributed by atoms with van der Waals surface area (Å²) in [6, 6.07) is 53.1. The lowest BCUT2D eigenvalue weighted by Crippen LogP contribution is -1.85. The summed E-state index contributed by atoms with van der Waals surface area (Å²) >= 11 is 1.87. The smallest absolute Gasteiger partial charge is 0.0544 e. The first-order chi connectivity index (χ1) is 20.8. The number of H-pyrrole nitrogens is 1. The molecule has 0 fully saturated rings. The SMILES string of the molecule is c1cc(-c2cccc(-c3cccc4sc5ccccc5c34)c2)cc(-c2cccc3c2[nH]c2c4ccccc4ccc32)c1. The van der Waals surface area contributed by atoms with Crippen molar-refractivity contribution in [3.05, 3.63) is 146 Å². The normalized spacial score (nSPS) is 11.8. The third-order valence-corrected chi connectivity index (χ3v) is 9.75. The van der Waals surface area contributed by atoms with Gasteiger partial charge in [-0.15, -0.1) is 11.3 Å². The maximum atomic E-state index is 3.81. The molecule has 0 saturated carbocycles. The predicted octanol–water partition coefficient (Wildman–Crippen LogP) is 11.8. The van der Waals surface area contributed by atoms with Crippen molar-refractivity contribution in [3.63, 3.8) is 0 Å². The fraction of sp³-hybridized carbons (Fsp3) is 0. The highest BCUT2D eigenvalue weighted by Crippen LogP contribution is 2.41. The molecule has 2 heterocycles. The number of aromatic nitrogens is 1.